The minimum absolute atomic E-state index is 0.0414. The van der Waals surface area contributed by atoms with Gasteiger partial charge >= 0.3 is 0 Å². The molecule has 3 heterocycles. The van der Waals surface area contributed by atoms with Crippen molar-refractivity contribution in [3.05, 3.63) is 60.2 Å². The van der Waals surface area contributed by atoms with Crippen LogP contribution in [0.1, 0.15) is 23.2 Å². The summed E-state index contributed by atoms with van der Waals surface area (Å²) in [7, 11) is 0. The molecule has 3 aliphatic heterocycles. The molecule has 0 aromatic heterocycles. The smallest absolute Gasteiger partial charge is 0.255 e. The molecule has 24 heavy (non-hydrogen) atoms. The summed E-state index contributed by atoms with van der Waals surface area (Å²) in [6.45, 7) is 3.31. The second kappa shape index (κ2) is 6.65. The summed E-state index contributed by atoms with van der Waals surface area (Å²) < 4.78 is 5.91. The van der Waals surface area contributed by atoms with Gasteiger partial charge in [-0.05, 0) is 56.1 Å². The zero-order chi connectivity index (χ0) is 16.4. The number of rotatable bonds is 4. The monoisotopic (exact) mass is 322 g/mol. The molecule has 3 aliphatic rings. The molecule has 1 amide bonds. The highest BCUT2D eigenvalue weighted by Crippen LogP contribution is 2.29. The molecule has 0 spiro atoms. The molecular formula is C20H22N2O2. The maximum Gasteiger partial charge on any atom is 0.255 e. The predicted octanol–water partition coefficient (Wildman–Crippen LogP) is 3.30. The number of carbonyl (C=O) groups excluding carboxylic acids is 1. The van der Waals surface area contributed by atoms with Crippen LogP contribution >= 0.6 is 0 Å². The van der Waals surface area contributed by atoms with Crippen molar-refractivity contribution < 1.29 is 9.53 Å². The molecule has 4 heteroatoms. The Labute approximate surface area is 142 Å². The summed E-state index contributed by atoms with van der Waals surface area (Å²) in [5.74, 6) is 1.91. The molecule has 4 nitrogen and oxygen atoms in total. The van der Waals surface area contributed by atoms with Gasteiger partial charge in [0.05, 0.1) is 5.56 Å². The Morgan fingerprint density at radius 1 is 1.00 bits per heavy atom. The van der Waals surface area contributed by atoms with Crippen molar-refractivity contribution in [1.82, 2.24) is 10.2 Å². The van der Waals surface area contributed by atoms with Crippen LogP contribution in [0.2, 0.25) is 0 Å². The maximum absolute atomic E-state index is 12.8. The van der Waals surface area contributed by atoms with Crippen molar-refractivity contribution in [2.24, 2.45) is 5.92 Å². The molecule has 1 unspecified atom stereocenters. The van der Waals surface area contributed by atoms with E-state index in [1.807, 2.05) is 54.6 Å². The largest absolute Gasteiger partial charge is 0.457 e. The molecule has 0 aliphatic carbocycles. The molecule has 3 fully saturated rings. The average Bonchev–Trinajstić information content (AvgIpc) is 2.64. The van der Waals surface area contributed by atoms with E-state index in [-0.39, 0.29) is 11.9 Å². The molecule has 3 saturated heterocycles. The van der Waals surface area contributed by atoms with Crippen molar-refractivity contribution in [3.63, 3.8) is 0 Å². The quantitative estimate of drug-likeness (QED) is 0.939. The highest BCUT2D eigenvalue weighted by Gasteiger charge is 2.35. The van der Waals surface area contributed by atoms with Crippen molar-refractivity contribution >= 4 is 5.91 Å². The molecule has 1 atom stereocenters. The first-order valence-corrected chi connectivity index (χ1v) is 8.65. The third-order valence-electron chi connectivity index (χ3n) is 5.08. The zero-order valence-electron chi connectivity index (χ0n) is 13.7. The summed E-state index contributed by atoms with van der Waals surface area (Å²) in [5.41, 5.74) is 0.595. The van der Waals surface area contributed by atoms with Gasteiger partial charge in [0.1, 0.15) is 11.5 Å². The van der Waals surface area contributed by atoms with Crippen LogP contribution in [0.3, 0.4) is 0 Å². The minimum atomic E-state index is -0.0414. The minimum Gasteiger partial charge on any atom is -0.457 e. The lowest BCUT2D eigenvalue weighted by molar-refractivity contribution is 0.0619. The molecule has 2 bridgehead atoms. The van der Waals surface area contributed by atoms with E-state index in [0.29, 0.717) is 17.2 Å². The molecule has 5 rings (SSSR count). The van der Waals surface area contributed by atoms with Gasteiger partial charge in [-0.1, -0.05) is 30.3 Å². The fraction of sp³-hybridized carbons (Fsp3) is 0.350. The van der Waals surface area contributed by atoms with E-state index < -0.39 is 0 Å². The number of hydrogen-bond acceptors (Lipinski definition) is 3. The normalized spacial score (nSPS) is 25.2. The molecule has 0 saturated carbocycles. The number of carbonyl (C=O) groups is 1. The van der Waals surface area contributed by atoms with Gasteiger partial charge < -0.3 is 15.0 Å². The first-order valence-electron chi connectivity index (χ1n) is 8.65. The van der Waals surface area contributed by atoms with Crippen molar-refractivity contribution in [2.45, 2.75) is 18.9 Å². The van der Waals surface area contributed by atoms with Crippen LogP contribution in [0.4, 0.5) is 0 Å². The van der Waals surface area contributed by atoms with E-state index in [1.54, 1.807) is 0 Å². The number of nitrogens with one attached hydrogen (secondary N) is 1. The van der Waals surface area contributed by atoms with Crippen LogP contribution < -0.4 is 10.1 Å². The highest BCUT2D eigenvalue weighted by molar-refractivity contribution is 5.97. The van der Waals surface area contributed by atoms with E-state index in [1.165, 1.54) is 25.9 Å². The Morgan fingerprint density at radius 2 is 1.71 bits per heavy atom. The third kappa shape index (κ3) is 3.15. The molecule has 2 aromatic carbocycles. The molecule has 1 N–H and O–H groups in total. The van der Waals surface area contributed by atoms with E-state index in [4.69, 9.17) is 4.74 Å². The number of fused-ring (bicyclic) bond motifs is 3. The first-order chi connectivity index (χ1) is 11.8. The summed E-state index contributed by atoms with van der Waals surface area (Å²) in [6.07, 6.45) is 2.38. The number of hydrogen-bond donors (Lipinski definition) is 1. The number of para-hydroxylation sites is 2. The Balaban J connectivity index is 1.50. The summed E-state index contributed by atoms with van der Waals surface area (Å²) in [6, 6.07) is 17.3. The maximum atomic E-state index is 12.8. The second-order valence-electron chi connectivity index (χ2n) is 6.63. The van der Waals surface area contributed by atoms with E-state index in [2.05, 4.69) is 10.2 Å². The van der Waals surface area contributed by atoms with Crippen LogP contribution in [-0.2, 0) is 0 Å². The Bertz CT molecular complexity index is 709. The van der Waals surface area contributed by atoms with Crippen LogP contribution in [0.5, 0.6) is 11.5 Å². The van der Waals surface area contributed by atoms with Crippen molar-refractivity contribution in [3.8, 4) is 11.5 Å². The molecule has 124 valence electrons. The highest BCUT2D eigenvalue weighted by atomic mass is 16.5. The Hall–Kier alpha value is -2.33. The fourth-order valence-electron chi connectivity index (χ4n) is 3.73. The molecule has 2 aromatic rings. The van der Waals surface area contributed by atoms with Crippen LogP contribution in [0.15, 0.2) is 54.6 Å². The van der Waals surface area contributed by atoms with E-state index in [0.717, 1.165) is 12.3 Å². The van der Waals surface area contributed by atoms with Crippen molar-refractivity contribution in [2.75, 3.05) is 19.6 Å². The average molecular weight is 322 g/mol. The number of amides is 1. The Morgan fingerprint density at radius 3 is 2.42 bits per heavy atom. The standard InChI is InChI=1S/C20H22N2O2/c23-20(21-18-14-22-12-10-15(18)11-13-22)17-8-4-5-9-19(17)24-16-6-2-1-3-7-16/h1-9,15,18H,10-14H2,(H,21,23). The predicted molar refractivity (Wildman–Crippen MR) is 93.4 cm³/mol. The fourth-order valence-corrected chi connectivity index (χ4v) is 3.73. The van der Waals surface area contributed by atoms with Crippen LogP contribution in [0, 0.1) is 5.92 Å². The molecular weight excluding hydrogens is 300 g/mol. The lowest BCUT2D eigenvalue weighted by atomic mass is 9.84. The van der Waals surface area contributed by atoms with Gasteiger partial charge in [-0.25, -0.2) is 0 Å². The first kappa shape index (κ1) is 15.2. The number of ether oxygens (including phenoxy) is 1. The second-order valence-corrected chi connectivity index (χ2v) is 6.63. The topological polar surface area (TPSA) is 41.6 Å². The van der Waals surface area contributed by atoms with Gasteiger partial charge in [0, 0.05) is 12.6 Å². The number of benzene rings is 2. The van der Waals surface area contributed by atoms with E-state index in [9.17, 15) is 4.79 Å². The van der Waals surface area contributed by atoms with Gasteiger partial charge in [0.25, 0.3) is 5.91 Å². The summed E-state index contributed by atoms with van der Waals surface area (Å²) in [5, 5.41) is 3.23. The van der Waals surface area contributed by atoms with Gasteiger partial charge in [-0.15, -0.1) is 0 Å². The van der Waals surface area contributed by atoms with Gasteiger partial charge in [-0.3, -0.25) is 4.79 Å². The Kier molecular flexibility index (Phi) is 4.22. The van der Waals surface area contributed by atoms with Gasteiger partial charge in [0.15, 0.2) is 0 Å². The lowest BCUT2D eigenvalue weighted by Crippen LogP contribution is -2.57. The summed E-state index contributed by atoms with van der Waals surface area (Å²) >= 11 is 0. The van der Waals surface area contributed by atoms with Gasteiger partial charge in [-0.2, -0.15) is 0 Å². The van der Waals surface area contributed by atoms with Crippen LogP contribution in [0.25, 0.3) is 0 Å². The number of piperidine rings is 3. The van der Waals surface area contributed by atoms with E-state index >= 15 is 0 Å². The van der Waals surface area contributed by atoms with Crippen molar-refractivity contribution in [1.29, 1.82) is 0 Å². The van der Waals surface area contributed by atoms with Crippen LogP contribution in [-0.4, -0.2) is 36.5 Å². The van der Waals surface area contributed by atoms with Gasteiger partial charge in [0.2, 0.25) is 0 Å². The molecule has 0 radical (unpaired) electrons. The zero-order valence-corrected chi connectivity index (χ0v) is 13.7. The third-order valence-corrected chi connectivity index (χ3v) is 5.08. The lowest BCUT2D eigenvalue weighted by Gasteiger charge is -2.44. The SMILES string of the molecule is O=C(NC1CN2CCC1CC2)c1ccccc1Oc1ccccc1. The number of nitrogens with zero attached hydrogens (tertiary/aromatic N) is 1. The summed E-state index contributed by atoms with van der Waals surface area (Å²) in [4.78, 5) is 15.2.